The van der Waals surface area contributed by atoms with Crippen LogP contribution in [0.5, 0.6) is 0 Å². The molecule has 5 heteroatoms. The smallest absolute Gasteiger partial charge is 0.206 e. The molecule has 0 bridgehead atoms. The van der Waals surface area contributed by atoms with E-state index < -0.39 is 0 Å². The number of nitrogens with two attached hydrogens (primary N) is 1. The van der Waals surface area contributed by atoms with Gasteiger partial charge in [0.2, 0.25) is 5.78 Å². The van der Waals surface area contributed by atoms with E-state index >= 15 is 0 Å². The van der Waals surface area contributed by atoms with Gasteiger partial charge in [0.05, 0.1) is 0 Å². The van der Waals surface area contributed by atoms with E-state index in [1.165, 1.54) is 22.5 Å². The summed E-state index contributed by atoms with van der Waals surface area (Å²) in [5.41, 5.74) is 11.3. The number of ketones is 1. The first-order chi connectivity index (χ1) is 12.5. The molecule has 3 rings (SSSR count). The normalized spacial score (nSPS) is 10.7. The summed E-state index contributed by atoms with van der Waals surface area (Å²) in [4.78, 5) is 17.6. The Morgan fingerprint density at radius 1 is 1.12 bits per heavy atom. The average Bonchev–Trinajstić information content (AvgIpc) is 3.03. The number of hydrogen-bond acceptors (Lipinski definition) is 5. The maximum Gasteiger partial charge on any atom is 0.206 e. The van der Waals surface area contributed by atoms with E-state index in [2.05, 4.69) is 43.2 Å². The van der Waals surface area contributed by atoms with Crippen molar-refractivity contribution in [3.05, 3.63) is 69.6 Å². The third-order valence-electron chi connectivity index (χ3n) is 4.46. The van der Waals surface area contributed by atoms with Crippen LogP contribution in [0.15, 0.2) is 42.5 Å². The maximum absolute atomic E-state index is 12.8. The highest BCUT2D eigenvalue weighted by atomic mass is 32.1. The molecule has 4 nitrogen and oxygen atoms in total. The number of benzene rings is 2. The molecule has 1 aromatic heterocycles. The van der Waals surface area contributed by atoms with Crippen molar-refractivity contribution in [1.82, 2.24) is 4.98 Å². The third kappa shape index (κ3) is 3.63. The molecule has 3 aromatic rings. The van der Waals surface area contributed by atoms with Crippen LogP contribution in [0.25, 0.3) is 0 Å². The molecular formula is C21H23N3OS. The van der Waals surface area contributed by atoms with Crippen LogP contribution in [0.2, 0.25) is 0 Å². The number of rotatable bonds is 6. The number of carbonyl (C=O) groups excluding carboxylic acids is 1. The number of aromatic nitrogens is 1. The molecule has 0 aliphatic carbocycles. The average molecular weight is 366 g/mol. The van der Waals surface area contributed by atoms with Crippen molar-refractivity contribution in [3.8, 4) is 0 Å². The summed E-state index contributed by atoms with van der Waals surface area (Å²) in [7, 11) is 0. The van der Waals surface area contributed by atoms with Crippen LogP contribution < -0.4 is 11.1 Å². The molecule has 2 aromatic carbocycles. The van der Waals surface area contributed by atoms with Crippen molar-refractivity contribution < 1.29 is 4.79 Å². The highest BCUT2D eigenvalue weighted by molar-refractivity contribution is 7.18. The number of anilines is 3. The molecule has 0 radical (unpaired) electrons. The van der Waals surface area contributed by atoms with Crippen molar-refractivity contribution in [2.75, 3.05) is 11.1 Å². The van der Waals surface area contributed by atoms with Gasteiger partial charge in [-0.15, -0.1) is 0 Å². The highest BCUT2D eigenvalue weighted by Gasteiger charge is 2.18. The molecule has 0 spiro atoms. The molecule has 3 N–H and O–H groups in total. The molecule has 0 amide bonds. The first kappa shape index (κ1) is 18.1. The molecule has 0 saturated carbocycles. The maximum atomic E-state index is 12.8. The number of para-hydroxylation sites is 1. The topological polar surface area (TPSA) is 68.0 Å². The van der Waals surface area contributed by atoms with E-state index in [1.54, 1.807) is 0 Å². The van der Waals surface area contributed by atoms with Crippen LogP contribution in [0, 0.1) is 6.92 Å². The Kier molecular flexibility index (Phi) is 5.38. The highest BCUT2D eigenvalue weighted by Crippen LogP contribution is 2.32. The van der Waals surface area contributed by atoms with Gasteiger partial charge in [0, 0.05) is 11.3 Å². The van der Waals surface area contributed by atoms with Crippen molar-refractivity contribution >= 4 is 33.8 Å². The second-order valence-electron chi connectivity index (χ2n) is 6.20. The summed E-state index contributed by atoms with van der Waals surface area (Å²) in [6.45, 7) is 6.26. The molecule has 0 aliphatic rings. The number of thiazole rings is 1. The SMILES string of the molecule is CCc1ccc(C(=O)c2sc(Nc3c(C)cccc3CC)nc2N)cc1. The number of aryl methyl sites for hydroxylation is 3. The summed E-state index contributed by atoms with van der Waals surface area (Å²) in [5, 5.41) is 3.99. The summed E-state index contributed by atoms with van der Waals surface area (Å²) in [5.74, 6) is 0.185. The van der Waals surface area contributed by atoms with E-state index in [0.29, 0.717) is 15.6 Å². The van der Waals surface area contributed by atoms with E-state index in [9.17, 15) is 4.79 Å². The molecular weight excluding hydrogens is 342 g/mol. The molecule has 0 unspecified atom stereocenters. The zero-order valence-corrected chi connectivity index (χ0v) is 16.1. The largest absolute Gasteiger partial charge is 0.382 e. The number of carbonyl (C=O) groups is 1. The van der Waals surface area contributed by atoms with Gasteiger partial charge in [-0.1, -0.05) is 67.6 Å². The third-order valence-corrected chi connectivity index (χ3v) is 5.44. The van der Waals surface area contributed by atoms with Crippen LogP contribution in [-0.4, -0.2) is 10.8 Å². The zero-order chi connectivity index (χ0) is 18.7. The van der Waals surface area contributed by atoms with Crippen molar-refractivity contribution in [1.29, 1.82) is 0 Å². The lowest BCUT2D eigenvalue weighted by molar-refractivity contribution is 0.104. The fourth-order valence-corrected chi connectivity index (χ4v) is 3.73. The second kappa shape index (κ2) is 7.70. The monoisotopic (exact) mass is 365 g/mol. The summed E-state index contributed by atoms with van der Waals surface area (Å²) in [6, 6.07) is 13.8. The summed E-state index contributed by atoms with van der Waals surface area (Å²) < 4.78 is 0. The Morgan fingerprint density at radius 3 is 2.50 bits per heavy atom. The van der Waals surface area contributed by atoms with Gasteiger partial charge in [0.25, 0.3) is 0 Å². The van der Waals surface area contributed by atoms with Crippen molar-refractivity contribution in [2.24, 2.45) is 0 Å². The minimum absolute atomic E-state index is 0.0869. The number of nitrogens with one attached hydrogen (secondary N) is 1. The summed E-state index contributed by atoms with van der Waals surface area (Å²) >= 11 is 1.30. The fourth-order valence-electron chi connectivity index (χ4n) is 2.88. The second-order valence-corrected chi connectivity index (χ2v) is 7.20. The van der Waals surface area contributed by atoms with Gasteiger partial charge >= 0.3 is 0 Å². The standard InChI is InChI=1S/C21H23N3OS/c1-4-14-9-11-16(12-10-14)18(25)19-20(22)24-21(26-19)23-17-13(3)7-6-8-15(17)5-2/h6-12H,4-5,22H2,1-3H3,(H,23,24). The fraction of sp³-hybridized carbons (Fsp3) is 0.238. The number of hydrogen-bond donors (Lipinski definition) is 2. The van der Waals surface area contributed by atoms with E-state index in [4.69, 9.17) is 5.73 Å². The molecule has 134 valence electrons. The number of nitrogen functional groups attached to an aromatic ring is 1. The minimum Gasteiger partial charge on any atom is -0.382 e. The van der Waals surface area contributed by atoms with Gasteiger partial charge in [-0.25, -0.2) is 4.98 Å². The van der Waals surface area contributed by atoms with E-state index in [1.807, 2.05) is 30.3 Å². The first-order valence-corrected chi connectivity index (χ1v) is 9.60. The lowest BCUT2D eigenvalue weighted by Crippen LogP contribution is -2.02. The van der Waals surface area contributed by atoms with Crippen LogP contribution in [0.1, 0.15) is 45.8 Å². The van der Waals surface area contributed by atoms with Gasteiger partial charge in [-0.2, -0.15) is 0 Å². The van der Waals surface area contributed by atoms with Gasteiger partial charge < -0.3 is 11.1 Å². The minimum atomic E-state index is -0.0869. The Hall–Kier alpha value is -2.66. The van der Waals surface area contributed by atoms with Crippen molar-refractivity contribution in [3.63, 3.8) is 0 Å². The Bertz CT molecular complexity index is 929. The van der Waals surface area contributed by atoms with Crippen LogP contribution in [-0.2, 0) is 12.8 Å². The molecule has 0 saturated heterocycles. The first-order valence-electron chi connectivity index (χ1n) is 8.78. The lowest BCUT2D eigenvalue weighted by atomic mass is 10.1. The molecule has 0 atom stereocenters. The van der Waals surface area contributed by atoms with E-state index in [0.717, 1.165) is 24.1 Å². The predicted octanol–water partition coefficient (Wildman–Crippen LogP) is 5.13. The van der Waals surface area contributed by atoms with E-state index in [-0.39, 0.29) is 11.6 Å². The quantitative estimate of drug-likeness (QED) is 0.594. The van der Waals surface area contributed by atoms with Gasteiger partial charge in [-0.05, 0) is 36.5 Å². The van der Waals surface area contributed by atoms with Gasteiger partial charge in [-0.3, -0.25) is 4.79 Å². The Morgan fingerprint density at radius 2 is 1.85 bits per heavy atom. The van der Waals surface area contributed by atoms with Crippen LogP contribution >= 0.6 is 11.3 Å². The number of nitrogens with zero attached hydrogens (tertiary/aromatic N) is 1. The Labute approximate surface area is 158 Å². The Balaban J connectivity index is 1.88. The molecule has 0 aliphatic heterocycles. The van der Waals surface area contributed by atoms with Gasteiger partial charge in [0.1, 0.15) is 10.7 Å². The molecule has 26 heavy (non-hydrogen) atoms. The van der Waals surface area contributed by atoms with Crippen LogP contribution in [0.4, 0.5) is 16.6 Å². The molecule has 0 fully saturated rings. The van der Waals surface area contributed by atoms with Gasteiger partial charge in [0.15, 0.2) is 5.13 Å². The van der Waals surface area contributed by atoms with Crippen LogP contribution in [0.3, 0.4) is 0 Å². The lowest BCUT2D eigenvalue weighted by Gasteiger charge is -2.11. The van der Waals surface area contributed by atoms with Crippen molar-refractivity contribution in [2.45, 2.75) is 33.6 Å². The predicted molar refractivity (Wildman–Crippen MR) is 110 cm³/mol. The summed E-state index contributed by atoms with van der Waals surface area (Å²) in [6.07, 6.45) is 1.86. The zero-order valence-electron chi connectivity index (χ0n) is 15.3. The molecule has 1 heterocycles.